The Kier molecular flexibility index (Phi) is 4.96. The number of sulfonamides is 1. The van der Waals surface area contributed by atoms with Crippen LogP contribution < -0.4 is 0 Å². The number of aromatic nitrogens is 2. The number of aryl methyl sites for hydroxylation is 1. The SMILES string of the molecule is Cc1ccn(CC(=O)N2CCC(C3CCN(S(C)(=O)=O)CC3)C2)n1. The fourth-order valence-electron chi connectivity index (χ4n) is 3.87. The lowest BCUT2D eigenvalue weighted by Gasteiger charge is -2.33. The number of carbonyl (C=O) groups excluding carboxylic acids is 1. The van der Waals surface area contributed by atoms with Gasteiger partial charge in [0.05, 0.1) is 11.9 Å². The molecule has 2 aliphatic heterocycles. The van der Waals surface area contributed by atoms with Crippen molar-refractivity contribution in [2.45, 2.75) is 32.7 Å². The molecule has 1 amide bonds. The predicted molar refractivity (Wildman–Crippen MR) is 90.8 cm³/mol. The van der Waals surface area contributed by atoms with Crippen LogP contribution in [-0.2, 0) is 21.4 Å². The molecule has 0 spiro atoms. The molecule has 0 aliphatic carbocycles. The van der Waals surface area contributed by atoms with E-state index in [0.717, 1.165) is 38.0 Å². The van der Waals surface area contributed by atoms with E-state index in [1.165, 1.54) is 6.26 Å². The smallest absolute Gasteiger partial charge is 0.244 e. The lowest BCUT2D eigenvalue weighted by molar-refractivity contribution is -0.131. The topological polar surface area (TPSA) is 75.5 Å². The number of rotatable bonds is 4. The van der Waals surface area contributed by atoms with Gasteiger partial charge in [-0.2, -0.15) is 5.10 Å². The summed E-state index contributed by atoms with van der Waals surface area (Å²) in [7, 11) is -3.07. The number of carbonyl (C=O) groups is 1. The van der Waals surface area contributed by atoms with E-state index < -0.39 is 10.0 Å². The second kappa shape index (κ2) is 6.84. The summed E-state index contributed by atoms with van der Waals surface area (Å²) in [5, 5.41) is 4.27. The molecule has 3 rings (SSSR count). The van der Waals surface area contributed by atoms with Gasteiger partial charge in [-0.05, 0) is 44.1 Å². The molecule has 1 atom stereocenters. The van der Waals surface area contributed by atoms with Crippen LogP contribution in [0.4, 0.5) is 0 Å². The fraction of sp³-hybridized carbons (Fsp3) is 0.750. The Labute approximate surface area is 143 Å². The average Bonchev–Trinajstić information content (AvgIpc) is 3.16. The molecule has 1 unspecified atom stereocenters. The van der Waals surface area contributed by atoms with Crippen molar-refractivity contribution >= 4 is 15.9 Å². The molecule has 134 valence electrons. The first-order chi connectivity index (χ1) is 11.3. The van der Waals surface area contributed by atoms with Crippen molar-refractivity contribution in [1.29, 1.82) is 0 Å². The largest absolute Gasteiger partial charge is 0.341 e. The van der Waals surface area contributed by atoms with Crippen LogP contribution in [0.15, 0.2) is 12.3 Å². The zero-order chi connectivity index (χ0) is 17.3. The molecule has 3 heterocycles. The number of piperidine rings is 1. The van der Waals surface area contributed by atoms with Gasteiger partial charge < -0.3 is 4.90 Å². The monoisotopic (exact) mass is 354 g/mol. The summed E-state index contributed by atoms with van der Waals surface area (Å²) in [4.78, 5) is 14.3. The molecule has 24 heavy (non-hydrogen) atoms. The Hall–Kier alpha value is -1.41. The molecule has 2 aliphatic rings. The van der Waals surface area contributed by atoms with Gasteiger partial charge in [0.2, 0.25) is 15.9 Å². The van der Waals surface area contributed by atoms with Gasteiger partial charge in [0.15, 0.2) is 0 Å². The van der Waals surface area contributed by atoms with Gasteiger partial charge in [0.1, 0.15) is 6.54 Å². The minimum Gasteiger partial charge on any atom is -0.341 e. The van der Waals surface area contributed by atoms with E-state index >= 15 is 0 Å². The van der Waals surface area contributed by atoms with E-state index in [1.54, 1.807) is 8.99 Å². The molecule has 7 nitrogen and oxygen atoms in total. The molecular formula is C16H26N4O3S. The molecule has 8 heteroatoms. The van der Waals surface area contributed by atoms with Gasteiger partial charge in [-0.3, -0.25) is 9.48 Å². The van der Waals surface area contributed by atoms with Crippen molar-refractivity contribution in [1.82, 2.24) is 19.0 Å². The van der Waals surface area contributed by atoms with E-state index in [2.05, 4.69) is 5.10 Å². The van der Waals surface area contributed by atoms with Gasteiger partial charge >= 0.3 is 0 Å². The molecule has 0 saturated carbocycles. The van der Waals surface area contributed by atoms with Crippen molar-refractivity contribution in [2.24, 2.45) is 11.8 Å². The summed E-state index contributed by atoms with van der Waals surface area (Å²) in [5.74, 6) is 1.14. The lowest BCUT2D eigenvalue weighted by atomic mass is 9.84. The Bertz CT molecular complexity index is 692. The number of likely N-dealkylation sites (tertiary alicyclic amines) is 1. The van der Waals surface area contributed by atoms with Crippen LogP contribution in [0.5, 0.6) is 0 Å². The van der Waals surface area contributed by atoms with Gasteiger partial charge in [0, 0.05) is 32.4 Å². The van der Waals surface area contributed by atoms with Crippen molar-refractivity contribution < 1.29 is 13.2 Å². The first-order valence-corrected chi connectivity index (χ1v) is 10.4. The molecule has 0 aromatic carbocycles. The summed E-state index contributed by atoms with van der Waals surface area (Å²) >= 11 is 0. The summed E-state index contributed by atoms with van der Waals surface area (Å²) in [6.07, 6.45) is 5.94. The van der Waals surface area contributed by atoms with Crippen molar-refractivity contribution in [3.8, 4) is 0 Å². The van der Waals surface area contributed by atoms with Crippen molar-refractivity contribution in [3.05, 3.63) is 18.0 Å². The van der Waals surface area contributed by atoms with E-state index in [1.807, 2.05) is 24.1 Å². The van der Waals surface area contributed by atoms with Crippen molar-refractivity contribution in [3.63, 3.8) is 0 Å². The van der Waals surface area contributed by atoms with Crippen LogP contribution >= 0.6 is 0 Å². The first kappa shape index (κ1) is 17.4. The average molecular weight is 354 g/mol. The first-order valence-electron chi connectivity index (χ1n) is 8.56. The van der Waals surface area contributed by atoms with E-state index in [9.17, 15) is 13.2 Å². The predicted octanol–water partition coefficient (Wildman–Crippen LogP) is 0.712. The van der Waals surface area contributed by atoms with Crippen LogP contribution in [0.3, 0.4) is 0 Å². The second-order valence-electron chi connectivity index (χ2n) is 7.04. The van der Waals surface area contributed by atoms with Gasteiger partial charge in [-0.15, -0.1) is 0 Å². The Morgan fingerprint density at radius 3 is 2.46 bits per heavy atom. The van der Waals surface area contributed by atoms with Crippen molar-refractivity contribution in [2.75, 3.05) is 32.4 Å². The molecule has 1 aromatic rings. The quantitative estimate of drug-likeness (QED) is 0.798. The minimum atomic E-state index is -3.07. The third kappa shape index (κ3) is 3.97. The van der Waals surface area contributed by atoms with Gasteiger partial charge in [-0.1, -0.05) is 0 Å². The number of nitrogens with zero attached hydrogens (tertiary/aromatic N) is 4. The number of hydrogen-bond acceptors (Lipinski definition) is 4. The fourth-order valence-corrected chi connectivity index (χ4v) is 4.74. The highest BCUT2D eigenvalue weighted by Crippen LogP contribution is 2.32. The van der Waals surface area contributed by atoms with Gasteiger partial charge in [0.25, 0.3) is 0 Å². The van der Waals surface area contributed by atoms with E-state index in [-0.39, 0.29) is 5.91 Å². The molecule has 0 radical (unpaired) electrons. The maximum atomic E-state index is 12.4. The highest BCUT2D eigenvalue weighted by molar-refractivity contribution is 7.88. The van der Waals surface area contributed by atoms with Crippen LogP contribution in [0.1, 0.15) is 25.0 Å². The maximum Gasteiger partial charge on any atom is 0.244 e. The van der Waals surface area contributed by atoms with Crippen LogP contribution in [0, 0.1) is 18.8 Å². The highest BCUT2D eigenvalue weighted by Gasteiger charge is 2.35. The summed E-state index contributed by atoms with van der Waals surface area (Å²) in [6, 6.07) is 1.90. The van der Waals surface area contributed by atoms with E-state index in [4.69, 9.17) is 0 Å². The summed E-state index contributed by atoms with van der Waals surface area (Å²) in [5.41, 5.74) is 0.916. The molecule has 0 N–H and O–H groups in total. The lowest BCUT2D eigenvalue weighted by Crippen LogP contribution is -2.40. The highest BCUT2D eigenvalue weighted by atomic mass is 32.2. The third-order valence-electron chi connectivity index (χ3n) is 5.28. The second-order valence-corrected chi connectivity index (χ2v) is 9.03. The molecule has 1 aromatic heterocycles. The Balaban J connectivity index is 1.50. The Morgan fingerprint density at radius 1 is 1.21 bits per heavy atom. The standard InChI is InChI=1S/C16H26N4O3S/c1-13-3-8-19(17-13)12-16(21)18-7-4-15(11-18)14-5-9-20(10-6-14)24(2,22)23/h3,8,14-15H,4-7,9-12H2,1-2H3. The summed E-state index contributed by atoms with van der Waals surface area (Å²) in [6.45, 7) is 5.03. The third-order valence-corrected chi connectivity index (χ3v) is 6.59. The number of amides is 1. The number of hydrogen-bond donors (Lipinski definition) is 0. The molecule has 0 bridgehead atoms. The maximum absolute atomic E-state index is 12.4. The van der Waals surface area contributed by atoms with Crippen LogP contribution in [-0.4, -0.2) is 65.7 Å². The van der Waals surface area contributed by atoms with Crippen LogP contribution in [0.25, 0.3) is 0 Å². The molecule has 2 fully saturated rings. The molecule has 2 saturated heterocycles. The van der Waals surface area contributed by atoms with E-state index in [0.29, 0.717) is 31.5 Å². The van der Waals surface area contributed by atoms with Crippen LogP contribution in [0.2, 0.25) is 0 Å². The normalized spacial score (nSPS) is 23.8. The minimum absolute atomic E-state index is 0.120. The van der Waals surface area contributed by atoms with Gasteiger partial charge in [-0.25, -0.2) is 12.7 Å². The summed E-state index contributed by atoms with van der Waals surface area (Å²) < 4.78 is 26.5. The zero-order valence-electron chi connectivity index (χ0n) is 14.4. The molecular weight excluding hydrogens is 328 g/mol. The zero-order valence-corrected chi connectivity index (χ0v) is 15.2. The Morgan fingerprint density at radius 2 is 1.88 bits per heavy atom.